The molecule has 0 aliphatic heterocycles. The smallest absolute Gasteiger partial charge is 0.371 e. The number of carboxylic acids is 1. The number of carboxylic acid groups (broad SMARTS) is 1. The van der Waals surface area contributed by atoms with Crippen molar-refractivity contribution >= 4 is 17.7 Å². The molecule has 0 aliphatic carbocycles. The molecular weight excluding hydrogens is 226 g/mol. The number of furan rings is 1. The Bertz CT molecular complexity index is 351. The molecule has 0 saturated carbocycles. The summed E-state index contributed by atoms with van der Waals surface area (Å²) in [7, 11) is 0. The highest BCUT2D eigenvalue weighted by Crippen LogP contribution is 2.16. The van der Waals surface area contributed by atoms with Crippen molar-refractivity contribution in [1.29, 1.82) is 0 Å². The van der Waals surface area contributed by atoms with E-state index >= 15 is 0 Å². The molecular formula is C11H17NO3S. The number of hydrogen-bond donors (Lipinski definition) is 2. The lowest BCUT2D eigenvalue weighted by Gasteiger charge is -2.14. The largest absolute Gasteiger partial charge is 0.475 e. The van der Waals surface area contributed by atoms with Gasteiger partial charge < -0.3 is 14.8 Å². The zero-order chi connectivity index (χ0) is 12.1. The van der Waals surface area contributed by atoms with Gasteiger partial charge in [0.2, 0.25) is 5.76 Å². The van der Waals surface area contributed by atoms with Gasteiger partial charge in [0, 0.05) is 11.8 Å². The second kappa shape index (κ2) is 5.96. The van der Waals surface area contributed by atoms with E-state index in [0.29, 0.717) is 11.0 Å². The fraction of sp³-hybridized carbons (Fsp3) is 0.545. The van der Waals surface area contributed by atoms with Crippen LogP contribution in [0, 0.1) is 0 Å². The molecule has 0 spiro atoms. The molecule has 4 nitrogen and oxygen atoms in total. The maximum absolute atomic E-state index is 10.6. The Labute approximate surface area is 99.4 Å². The standard InChI is InChI=1S/C11H17NO3S/c1-7(16-3)6-12-8(2)9-4-5-10(15-9)11(13)14/h4-5,7-8,12H,6H2,1-3H3,(H,13,14). The van der Waals surface area contributed by atoms with Crippen LogP contribution >= 0.6 is 11.8 Å². The van der Waals surface area contributed by atoms with Crippen molar-refractivity contribution in [3.05, 3.63) is 23.7 Å². The summed E-state index contributed by atoms with van der Waals surface area (Å²) in [6, 6.07) is 3.21. The molecule has 2 atom stereocenters. The molecule has 2 unspecified atom stereocenters. The van der Waals surface area contributed by atoms with E-state index in [1.807, 2.05) is 6.92 Å². The van der Waals surface area contributed by atoms with Crippen molar-refractivity contribution in [1.82, 2.24) is 5.32 Å². The van der Waals surface area contributed by atoms with Gasteiger partial charge >= 0.3 is 5.97 Å². The van der Waals surface area contributed by atoms with Gasteiger partial charge in [-0.2, -0.15) is 11.8 Å². The first-order chi connectivity index (χ1) is 7.54. The summed E-state index contributed by atoms with van der Waals surface area (Å²) in [5.74, 6) is -0.386. The lowest BCUT2D eigenvalue weighted by molar-refractivity contribution is 0.0659. The average molecular weight is 243 g/mol. The van der Waals surface area contributed by atoms with Gasteiger partial charge in [-0.25, -0.2) is 4.79 Å². The average Bonchev–Trinajstić information content (AvgIpc) is 2.74. The molecule has 5 heteroatoms. The SMILES string of the molecule is CSC(C)CNC(C)c1ccc(C(=O)O)o1. The third-order valence-corrected chi connectivity index (χ3v) is 3.35. The van der Waals surface area contributed by atoms with Crippen LogP contribution in [0.2, 0.25) is 0 Å². The predicted octanol–water partition coefficient (Wildman–Crippen LogP) is 2.38. The highest BCUT2D eigenvalue weighted by Gasteiger charge is 2.14. The monoisotopic (exact) mass is 243 g/mol. The lowest BCUT2D eigenvalue weighted by Crippen LogP contribution is -2.25. The molecule has 1 heterocycles. The number of nitrogens with one attached hydrogen (secondary N) is 1. The molecule has 0 saturated heterocycles. The third kappa shape index (κ3) is 3.57. The molecule has 0 bridgehead atoms. The van der Waals surface area contributed by atoms with E-state index in [-0.39, 0.29) is 11.8 Å². The molecule has 0 aliphatic rings. The summed E-state index contributed by atoms with van der Waals surface area (Å²) in [6.07, 6.45) is 2.06. The van der Waals surface area contributed by atoms with E-state index in [4.69, 9.17) is 9.52 Å². The van der Waals surface area contributed by atoms with Gasteiger partial charge in [0.1, 0.15) is 5.76 Å². The number of thioether (sulfide) groups is 1. The van der Waals surface area contributed by atoms with Crippen molar-refractivity contribution in [2.75, 3.05) is 12.8 Å². The first kappa shape index (κ1) is 13.1. The van der Waals surface area contributed by atoms with Gasteiger partial charge in [0.05, 0.1) is 6.04 Å². The van der Waals surface area contributed by atoms with Crippen LogP contribution in [-0.4, -0.2) is 29.1 Å². The lowest BCUT2D eigenvalue weighted by atomic mass is 10.2. The van der Waals surface area contributed by atoms with Crippen molar-refractivity contribution in [3.63, 3.8) is 0 Å². The minimum atomic E-state index is -1.03. The Morgan fingerprint density at radius 2 is 2.25 bits per heavy atom. The summed E-state index contributed by atoms with van der Waals surface area (Å²) in [5.41, 5.74) is 0. The van der Waals surface area contributed by atoms with Crippen molar-refractivity contribution < 1.29 is 14.3 Å². The van der Waals surface area contributed by atoms with Gasteiger partial charge in [0.15, 0.2) is 0 Å². The van der Waals surface area contributed by atoms with Crippen LogP contribution in [0.5, 0.6) is 0 Å². The normalized spacial score (nSPS) is 14.7. The predicted molar refractivity (Wildman–Crippen MR) is 65.1 cm³/mol. The molecule has 0 aromatic carbocycles. The Balaban J connectivity index is 2.52. The van der Waals surface area contributed by atoms with Crippen molar-refractivity contribution in [2.45, 2.75) is 25.1 Å². The summed E-state index contributed by atoms with van der Waals surface area (Å²) in [4.78, 5) is 10.6. The molecule has 1 rings (SSSR count). The Kier molecular flexibility index (Phi) is 4.89. The molecule has 2 N–H and O–H groups in total. The zero-order valence-corrected chi connectivity index (χ0v) is 10.5. The van der Waals surface area contributed by atoms with Crippen LogP contribution in [0.25, 0.3) is 0 Å². The van der Waals surface area contributed by atoms with Crippen LogP contribution in [0.15, 0.2) is 16.5 Å². The minimum Gasteiger partial charge on any atom is -0.475 e. The minimum absolute atomic E-state index is 0.0124. The number of aromatic carboxylic acids is 1. The highest BCUT2D eigenvalue weighted by atomic mass is 32.2. The van der Waals surface area contributed by atoms with Gasteiger partial charge in [-0.3, -0.25) is 0 Å². The summed E-state index contributed by atoms with van der Waals surface area (Å²) in [6.45, 7) is 4.96. The Morgan fingerprint density at radius 3 is 2.75 bits per heavy atom. The van der Waals surface area contributed by atoms with E-state index in [1.54, 1.807) is 17.8 Å². The fourth-order valence-corrected chi connectivity index (χ4v) is 1.49. The maximum Gasteiger partial charge on any atom is 0.371 e. The molecule has 90 valence electrons. The maximum atomic E-state index is 10.6. The molecule has 0 amide bonds. The van der Waals surface area contributed by atoms with E-state index in [9.17, 15) is 4.79 Å². The van der Waals surface area contributed by atoms with Crippen LogP contribution in [-0.2, 0) is 0 Å². The first-order valence-electron chi connectivity index (χ1n) is 5.13. The summed E-state index contributed by atoms with van der Waals surface area (Å²) in [5, 5.41) is 12.5. The van der Waals surface area contributed by atoms with E-state index in [1.165, 1.54) is 6.07 Å². The second-order valence-electron chi connectivity index (χ2n) is 3.68. The second-order valence-corrected chi connectivity index (χ2v) is 4.96. The van der Waals surface area contributed by atoms with E-state index in [0.717, 1.165) is 6.54 Å². The third-order valence-electron chi connectivity index (χ3n) is 2.38. The van der Waals surface area contributed by atoms with Gasteiger partial charge in [-0.15, -0.1) is 0 Å². The molecule has 16 heavy (non-hydrogen) atoms. The topological polar surface area (TPSA) is 62.5 Å². The molecule has 0 radical (unpaired) electrons. The van der Waals surface area contributed by atoms with Gasteiger partial charge in [0.25, 0.3) is 0 Å². The quantitative estimate of drug-likeness (QED) is 0.803. The van der Waals surface area contributed by atoms with Crippen LogP contribution in [0.3, 0.4) is 0 Å². The van der Waals surface area contributed by atoms with E-state index in [2.05, 4.69) is 18.5 Å². The molecule has 0 fully saturated rings. The zero-order valence-electron chi connectivity index (χ0n) is 9.69. The van der Waals surface area contributed by atoms with Crippen molar-refractivity contribution in [2.24, 2.45) is 0 Å². The van der Waals surface area contributed by atoms with Gasteiger partial charge in [-0.1, -0.05) is 6.92 Å². The van der Waals surface area contributed by atoms with Crippen LogP contribution < -0.4 is 5.32 Å². The Hall–Kier alpha value is -0.940. The summed E-state index contributed by atoms with van der Waals surface area (Å²) >= 11 is 1.78. The fourth-order valence-electron chi connectivity index (χ4n) is 1.23. The number of hydrogen-bond acceptors (Lipinski definition) is 4. The number of carbonyl (C=O) groups is 1. The highest BCUT2D eigenvalue weighted by molar-refractivity contribution is 7.99. The molecule has 1 aromatic rings. The summed E-state index contributed by atoms with van der Waals surface area (Å²) < 4.78 is 5.20. The Morgan fingerprint density at radius 1 is 1.56 bits per heavy atom. The molecule has 1 aromatic heterocycles. The first-order valence-corrected chi connectivity index (χ1v) is 6.42. The van der Waals surface area contributed by atoms with Gasteiger partial charge in [-0.05, 0) is 25.3 Å². The van der Waals surface area contributed by atoms with Crippen LogP contribution in [0.4, 0.5) is 0 Å². The van der Waals surface area contributed by atoms with Crippen LogP contribution in [0.1, 0.15) is 36.2 Å². The van der Waals surface area contributed by atoms with E-state index < -0.39 is 5.97 Å². The van der Waals surface area contributed by atoms with Crippen molar-refractivity contribution in [3.8, 4) is 0 Å². The number of rotatable bonds is 6.